The fourth-order valence-corrected chi connectivity index (χ4v) is 3.67. The number of rotatable bonds is 6. The fraction of sp³-hybridized carbons (Fsp3) is 0.381. The molecule has 0 spiro atoms. The van der Waals surface area contributed by atoms with E-state index >= 15 is 0 Å². The molecule has 1 saturated heterocycles. The van der Waals surface area contributed by atoms with Gasteiger partial charge in [0.05, 0.1) is 30.9 Å². The van der Waals surface area contributed by atoms with E-state index in [0.717, 1.165) is 49.6 Å². The summed E-state index contributed by atoms with van der Waals surface area (Å²) in [7, 11) is 0. The third-order valence-corrected chi connectivity index (χ3v) is 5.42. The molecule has 5 rings (SSSR count). The summed E-state index contributed by atoms with van der Waals surface area (Å²) < 4.78 is 5.97. The molecule has 29 heavy (non-hydrogen) atoms. The smallest absolute Gasteiger partial charge is 0.235 e. The summed E-state index contributed by atoms with van der Waals surface area (Å²) in [6.07, 6.45) is 8.21. The monoisotopic (exact) mass is 387 g/mol. The molecule has 1 atom stereocenters. The van der Waals surface area contributed by atoms with Crippen molar-refractivity contribution in [2.24, 2.45) is 5.92 Å². The first kappa shape index (κ1) is 17.6. The normalized spacial score (nSPS) is 18.6. The molecular formula is C21H21N7O. The van der Waals surface area contributed by atoms with Gasteiger partial charge < -0.3 is 9.64 Å². The summed E-state index contributed by atoms with van der Waals surface area (Å²) in [5.41, 5.74) is 2.50. The van der Waals surface area contributed by atoms with Gasteiger partial charge in [-0.2, -0.15) is 25.2 Å². The summed E-state index contributed by atoms with van der Waals surface area (Å²) in [5, 5.41) is 17.7. The largest absolute Gasteiger partial charge is 0.476 e. The number of benzene rings is 1. The minimum atomic E-state index is 0.382. The molecule has 146 valence electrons. The Morgan fingerprint density at radius 3 is 2.76 bits per heavy atom. The van der Waals surface area contributed by atoms with Crippen molar-refractivity contribution in [2.75, 3.05) is 24.6 Å². The molecular weight excluding hydrogens is 366 g/mol. The Kier molecular flexibility index (Phi) is 4.56. The Labute approximate surface area is 168 Å². The molecule has 2 aliphatic rings. The average Bonchev–Trinajstić information content (AvgIpc) is 3.26. The van der Waals surface area contributed by atoms with E-state index in [1.165, 1.54) is 0 Å². The predicted octanol–water partition coefficient (Wildman–Crippen LogP) is 2.71. The van der Waals surface area contributed by atoms with Crippen LogP contribution in [0.5, 0.6) is 5.88 Å². The number of anilines is 1. The first-order chi connectivity index (χ1) is 14.3. The topological polar surface area (TPSA) is 92.8 Å². The van der Waals surface area contributed by atoms with Crippen LogP contribution >= 0.6 is 0 Å². The third kappa shape index (κ3) is 3.76. The lowest BCUT2D eigenvalue weighted by molar-refractivity contribution is 0.250. The zero-order valence-corrected chi connectivity index (χ0v) is 16.0. The maximum atomic E-state index is 9.32. The van der Waals surface area contributed by atoms with E-state index in [1.54, 1.807) is 23.4 Å². The van der Waals surface area contributed by atoms with Crippen LogP contribution in [0.25, 0.3) is 5.69 Å². The van der Waals surface area contributed by atoms with Crippen molar-refractivity contribution in [2.45, 2.75) is 25.2 Å². The lowest BCUT2D eigenvalue weighted by atomic mass is 10.1. The Morgan fingerprint density at radius 2 is 1.97 bits per heavy atom. The van der Waals surface area contributed by atoms with Gasteiger partial charge in [0.15, 0.2) is 0 Å². The molecule has 1 aromatic carbocycles. The van der Waals surface area contributed by atoms with Gasteiger partial charge >= 0.3 is 0 Å². The zero-order chi connectivity index (χ0) is 19.6. The van der Waals surface area contributed by atoms with Crippen LogP contribution < -0.4 is 9.64 Å². The number of nitrogens with zero attached hydrogens (tertiary/aromatic N) is 7. The highest BCUT2D eigenvalue weighted by Gasteiger charge is 2.28. The quantitative estimate of drug-likeness (QED) is 0.642. The summed E-state index contributed by atoms with van der Waals surface area (Å²) in [6.45, 7) is 2.41. The van der Waals surface area contributed by atoms with Gasteiger partial charge in [-0.1, -0.05) is 6.07 Å². The summed E-state index contributed by atoms with van der Waals surface area (Å²) in [6, 6.07) is 10.4. The molecule has 1 aliphatic carbocycles. The molecule has 0 amide bonds. The van der Waals surface area contributed by atoms with Crippen LogP contribution in [0.1, 0.15) is 36.6 Å². The van der Waals surface area contributed by atoms with Crippen LogP contribution in [0.2, 0.25) is 0 Å². The van der Waals surface area contributed by atoms with E-state index in [1.807, 2.05) is 12.1 Å². The molecule has 1 aliphatic heterocycles. The second kappa shape index (κ2) is 7.51. The van der Waals surface area contributed by atoms with Gasteiger partial charge in [0.25, 0.3) is 0 Å². The first-order valence-corrected chi connectivity index (χ1v) is 9.91. The van der Waals surface area contributed by atoms with Crippen LogP contribution in [0.15, 0.2) is 42.9 Å². The lowest BCUT2D eigenvalue weighted by Gasteiger charge is -2.19. The van der Waals surface area contributed by atoms with E-state index < -0.39 is 0 Å². The van der Waals surface area contributed by atoms with Gasteiger partial charge in [-0.3, -0.25) is 0 Å². The fourth-order valence-electron chi connectivity index (χ4n) is 3.67. The molecule has 3 aromatic rings. The molecule has 0 N–H and O–H groups in total. The standard InChI is InChI=1S/C21H21N7O/c22-11-17-12-23-20(16-4-5-16)26-21(17)29-14-15-6-9-27(13-15)18-2-1-3-19(10-18)28-24-7-8-25-28/h1-3,7-8,10,12,15-16H,4-6,9,13-14H2. The van der Waals surface area contributed by atoms with E-state index in [9.17, 15) is 5.26 Å². The van der Waals surface area contributed by atoms with Gasteiger partial charge in [0.2, 0.25) is 5.88 Å². The molecule has 8 nitrogen and oxygen atoms in total. The van der Waals surface area contributed by atoms with Gasteiger partial charge in [-0.15, -0.1) is 0 Å². The van der Waals surface area contributed by atoms with Crippen molar-refractivity contribution >= 4 is 5.69 Å². The van der Waals surface area contributed by atoms with Crippen molar-refractivity contribution in [3.63, 3.8) is 0 Å². The molecule has 2 aromatic heterocycles. The van der Waals surface area contributed by atoms with Crippen molar-refractivity contribution in [3.8, 4) is 17.6 Å². The summed E-state index contributed by atoms with van der Waals surface area (Å²) in [5.74, 6) is 2.04. The Morgan fingerprint density at radius 1 is 1.14 bits per heavy atom. The second-order valence-electron chi connectivity index (χ2n) is 7.58. The zero-order valence-electron chi connectivity index (χ0n) is 16.0. The summed E-state index contributed by atoms with van der Waals surface area (Å²) in [4.78, 5) is 12.8. The maximum absolute atomic E-state index is 9.32. The van der Waals surface area contributed by atoms with Crippen LogP contribution in [0.4, 0.5) is 5.69 Å². The number of aromatic nitrogens is 5. The van der Waals surface area contributed by atoms with Crippen molar-refractivity contribution in [1.82, 2.24) is 25.0 Å². The molecule has 3 heterocycles. The van der Waals surface area contributed by atoms with Crippen LogP contribution in [0, 0.1) is 17.2 Å². The highest BCUT2D eigenvalue weighted by molar-refractivity contribution is 5.53. The number of hydrogen-bond acceptors (Lipinski definition) is 7. The Balaban J connectivity index is 1.24. The van der Waals surface area contributed by atoms with Crippen LogP contribution in [-0.4, -0.2) is 44.7 Å². The van der Waals surface area contributed by atoms with E-state index in [2.05, 4.69) is 43.3 Å². The van der Waals surface area contributed by atoms with Gasteiger partial charge in [0.1, 0.15) is 17.5 Å². The van der Waals surface area contributed by atoms with Crippen molar-refractivity contribution in [1.29, 1.82) is 5.26 Å². The number of hydrogen-bond donors (Lipinski definition) is 0. The first-order valence-electron chi connectivity index (χ1n) is 9.91. The third-order valence-electron chi connectivity index (χ3n) is 5.42. The van der Waals surface area contributed by atoms with Crippen LogP contribution in [0.3, 0.4) is 0 Å². The highest BCUT2D eigenvalue weighted by Crippen LogP contribution is 2.38. The highest BCUT2D eigenvalue weighted by atomic mass is 16.5. The Bertz CT molecular complexity index is 1040. The Hall–Kier alpha value is -3.47. The number of nitriles is 1. The minimum absolute atomic E-state index is 0.382. The molecule has 0 radical (unpaired) electrons. The predicted molar refractivity (Wildman–Crippen MR) is 106 cm³/mol. The van der Waals surface area contributed by atoms with Crippen LogP contribution in [-0.2, 0) is 0 Å². The molecule has 1 saturated carbocycles. The minimum Gasteiger partial charge on any atom is -0.476 e. The van der Waals surface area contributed by atoms with Gasteiger partial charge in [0, 0.05) is 30.6 Å². The van der Waals surface area contributed by atoms with E-state index in [-0.39, 0.29) is 0 Å². The molecule has 1 unspecified atom stereocenters. The van der Waals surface area contributed by atoms with Crippen molar-refractivity contribution < 1.29 is 4.74 Å². The van der Waals surface area contributed by atoms with Gasteiger partial charge in [-0.05, 0) is 37.5 Å². The number of ether oxygens (including phenoxy) is 1. The van der Waals surface area contributed by atoms with Crippen molar-refractivity contribution in [3.05, 3.63) is 54.2 Å². The lowest BCUT2D eigenvalue weighted by Crippen LogP contribution is -2.22. The second-order valence-corrected chi connectivity index (χ2v) is 7.58. The SMILES string of the molecule is N#Cc1cnc(C2CC2)nc1OCC1CCN(c2cccc(-n3nccn3)c2)C1. The average molecular weight is 387 g/mol. The molecule has 8 heteroatoms. The van der Waals surface area contributed by atoms with Gasteiger partial charge in [-0.25, -0.2) is 4.98 Å². The van der Waals surface area contributed by atoms with E-state index in [0.29, 0.717) is 29.9 Å². The maximum Gasteiger partial charge on any atom is 0.235 e. The molecule has 2 fully saturated rings. The molecule has 0 bridgehead atoms. The summed E-state index contributed by atoms with van der Waals surface area (Å²) >= 11 is 0. The van der Waals surface area contributed by atoms with E-state index in [4.69, 9.17) is 4.74 Å².